The van der Waals surface area contributed by atoms with E-state index in [1.165, 1.54) is 15.6 Å². The molecule has 0 spiro atoms. The van der Waals surface area contributed by atoms with Crippen molar-refractivity contribution >= 4 is 42.6 Å². The summed E-state index contributed by atoms with van der Waals surface area (Å²) in [5.74, 6) is -2.78. The number of anilines is 1. The number of piperidine rings is 1. The molecule has 1 atom stereocenters. The molecule has 37 heavy (non-hydrogen) atoms. The molecule has 1 amide bonds. The van der Waals surface area contributed by atoms with Gasteiger partial charge in [0.2, 0.25) is 15.9 Å². The Labute approximate surface area is 219 Å². The number of sulfonamides is 1. The minimum atomic E-state index is -4.00. The molecule has 198 valence electrons. The smallest absolute Gasteiger partial charge is 0.243 e. The number of amides is 1. The van der Waals surface area contributed by atoms with Gasteiger partial charge in [0.1, 0.15) is 0 Å². The summed E-state index contributed by atoms with van der Waals surface area (Å²) in [6.07, 6.45) is 2.41. The molecule has 0 N–H and O–H groups in total. The fraction of sp³-hybridized carbons (Fsp3) is 0.462. The minimum absolute atomic E-state index is 0.0624. The van der Waals surface area contributed by atoms with Crippen molar-refractivity contribution in [2.24, 2.45) is 5.92 Å². The van der Waals surface area contributed by atoms with Crippen LogP contribution in [0.4, 0.5) is 13.9 Å². The number of nitrogens with zero attached hydrogens (tertiary/aromatic N) is 3. The number of rotatable bonds is 6. The van der Waals surface area contributed by atoms with E-state index in [-0.39, 0.29) is 35.9 Å². The number of carbonyl (C=O) groups excluding carboxylic acids is 1. The van der Waals surface area contributed by atoms with Gasteiger partial charge in [-0.05, 0) is 74.9 Å². The lowest BCUT2D eigenvalue weighted by Crippen LogP contribution is -2.46. The number of carbonyl (C=O) groups is 1. The molecule has 2 fully saturated rings. The Bertz CT molecular complexity index is 1430. The fourth-order valence-electron chi connectivity index (χ4n) is 4.93. The van der Waals surface area contributed by atoms with Crippen LogP contribution in [-0.4, -0.2) is 56.0 Å². The van der Waals surface area contributed by atoms with Crippen LogP contribution in [0.15, 0.2) is 35.2 Å². The molecule has 1 unspecified atom stereocenters. The monoisotopic (exact) mass is 549 g/mol. The highest BCUT2D eigenvalue weighted by Gasteiger charge is 2.36. The number of fused-ring (bicyclic) bond motifs is 1. The number of hydrogen-bond donors (Lipinski definition) is 0. The topological polar surface area (TPSA) is 79.8 Å². The molecule has 11 heteroatoms. The molecule has 2 aromatic carbocycles. The van der Waals surface area contributed by atoms with Crippen LogP contribution >= 0.6 is 11.3 Å². The van der Waals surface area contributed by atoms with E-state index in [0.29, 0.717) is 37.2 Å². The zero-order valence-electron chi connectivity index (χ0n) is 20.7. The van der Waals surface area contributed by atoms with Gasteiger partial charge in [-0.2, -0.15) is 4.31 Å². The summed E-state index contributed by atoms with van der Waals surface area (Å²) < 4.78 is 61.0. The summed E-state index contributed by atoms with van der Waals surface area (Å²) in [5.41, 5.74) is 3.11. The first-order chi connectivity index (χ1) is 17.6. The molecule has 1 aromatic heterocycles. The van der Waals surface area contributed by atoms with E-state index in [0.717, 1.165) is 46.3 Å². The maximum Gasteiger partial charge on any atom is 0.243 e. The lowest BCUT2D eigenvalue weighted by molar-refractivity contribution is -0.123. The first-order valence-electron chi connectivity index (χ1n) is 12.4. The third-order valence-electron chi connectivity index (χ3n) is 7.31. The number of benzene rings is 2. The lowest BCUT2D eigenvalue weighted by atomic mass is 9.96. The summed E-state index contributed by atoms with van der Waals surface area (Å²) in [4.78, 5) is 20.1. The first kappa shape index (κ1) is 26.1. The molecule has 2 aliphatic heterocycles. The molecule has 2 saturated heterocycles. The van der Waals surface area contributed by atoms with Gasteiger partial charge in [-0.25, -0.2) is 22.2 Å². The maximum atomic E-state index is 13.8. The third kappa shape index (κ3) is 5.14. The largest absolute Gasteiger partial charge is 0.376 e. The molecule has 3 aromatic rings. The van der Waals surface area contributed by atoms with Crippen LogP contribution in [0.2, 0.25) is 0 Å². The summed E-state index contributed by atoms with van der Waals surface area (Å²) >= 11 is 1.47. The van der Waals surface area contributed by atoms with Crippen LogP contribution in [0.1, 0.15) is 36.8 Å². The summed E-state index contributed by atoms with van der Waals surface area (Å²) in [7, 11) is -4.00. The van der Waals surface area contributed by atoms with Gasteiger partial charge in [0.15, 0.2) is 16.8 Å². The van der Waals surface area contributed by atoms with Crippen molar-refractivity contribution in [2.75, 3.05) is 31.1 Å². The predicted molar refractivity (Wildman–Crippen MR) is 138 cm³/mol. The second kappa shape index (κ2) is 10.4. The predicted octanol–water partition coefficient (Wildman–Crippen LogP) is 4.80. The number of aromatic nitrogens is 1. The number of hydrogen-bond acceptors (Lipinski definition) is 6. The van der Waals surface area contributed by atoms with Gasteiger partial charge in [-0.3, -0.25) is 9.69 Å². The van der Waals surface area contributed by atoms with E-state index < -0.39 is 21.7 Å². The fourth-order valence-corrected chi connectivity index (χ4v) is 7.46. The SMILES string of the molecule is Cc1ccc2sc(N(CC3CCCO3)C(=O)C3CCN(S(=O)(=O)c4ccc(F)c(F)c4)CC3)nc2c1C. The van der Waals surface area contributed by atoms with Gasteiger partial charge in [-0.1, -0.05) is 17.4 Å². The number of aryl methyl sites for hydroxylation is 2. The van der Waals surface area contributed by atoms with Gasteiger partial charge < -0.3 is 4.74 Å². The quantitative estimate of drug-likeness (QED) is 0.441. The number of halogens is 2. The summed E-state index contributed by atoms with van der Waals surface area (Å²) in [5, 5.41) is 0.626. The van der Waals surface area contributed by atoms with E-state index in [9.17, 15) is 22.0 Å². The van der Waals surface area contributed by atoms with Crippen LogP contribution < -0.4 is 4.90 Å². The van der Waals surface area contributed by atoms with E-state index in [2.05, 4.69) is 6.07 Å². The Morgan fingerprint density at radius 3 is 2.57 bits per heavy atom. The molecule has 2 aliphatic rings. The van der Waals surface area contributed by atoms with Gasteiger partial charge in [0.05, 0.1) is 27.8 Å². The Hall–Kier alpha value is -2.47. The Morgan fingerprint density at radius 1 is 1.14 bits per heavy atom. The van der Waals surface area contributed by atoms with E-state index in [4.69, 9.17) is 9.72 Å². The molecule has 0 aliphatic carbocycles. The van der Waals surface area contributed by atoms with Crippen molar-refractivity contribution in [3.05, 3.63) is 53.1 Å². The second-order valence-electron chi connectivity index (χ2n) is 9.69. The highest BCUT2D eigenvalue weighted by molar-refractivity contribution is 7.89. The Morgan fingerprint density at radius 2 is 1.89 bits per heavy atom. The van der Waals surface area contributed by atoms with Crippen molar-refractivity contribution in [1.82, 2.24) is 9.29 Å². The van der Waals surface area contributed by atoms with Crippen LogP contribution in [-0.2, 0) is 19.6 Å². The molecule has 5 rings (SSSR count). The molecule has 0 bridgehead atoms. The van der Waals surface area contributed by atoms with Crippen LogP contribution in [0, 0.1) is 31.4 Å². The summed E-state index contributed by atoms with van der Waals surface area (Å²) in [6, 6.07) is 6.64. The molecular formula is C26H29F2N3O4S2. The lowest BCUT2D eigenvalue weighted by Gasteiger charge is -2.33. The van der Waals surface area contributed by atoms with Crippen molar-refractivity contribution in [2.45, 2.75) is 50.5 Å². The molecule has 3 heterocycles. The molecule has 0 radical (unpaired) electrons. The van der Waals surface area contributed by atoms with Gasteiger partial charge in [-0.15, -0.1) is 0 Å². The average molecular weight is 550 g/mol. The zero-order chi connectivity index (χ0) is 26.3. The number of thiazole rings is 1. The minimum Gasteiger partial charge on any atom is -0.376 e. The molecular weight excluding hydrogens is 520 g/mol. The van der Waals surface area contributed by atoms with Crippen molar-refractivity contribution in [1.29, 1.82) is 0 Å². The van der Waals surface area contributed by atoms with Crippen LogP contribution in [0.25, 0.3) is 10.2 Å². The van der Waals surface area contributed by atoms with Crippen molar-refractivity contribution < 1.29 is 26.7 Å². The van der Waals surface area contributed by atoms with Gasteiger partial charge >= 0.3 is 0 Å². The normalized spacial score (nSPS) is 19.5. The second-order valence-corrected chi connectivity index (χ2v) is 12.6. The molecule has 0 saturated carbocycles. The highest BCUT2D eigenvalue weighted by Crippen LogP contribution is 2.35. The standard InChI is InChI=1S/C26H29F2N3O4S2/c1-16-5-8-23-24(17(16)2)29-26(36-23)31(15-19-4-3-13-35-19)25(32)18-9-11-30(12-10-18)37(33,34)20-6-7-21(27)22(28)14-20/h5-8,14,18-19H,3-4,9-13,15H2,1-2H3. The average Bonchev–Trinajstić information content (AvgIpc) is 3.56. The third-order valence-corrected chi connectivity index (χ3v) is 10.3. The van der Waals surface area contributed by atoms with Crippen molar-refractivity contribution in [3.8, 4) is 0 Å². The van der Waals surface area contributed by atoms with Gasteiger partial charge in [0, 0.05) is 25.6 Å². The maximum absolute atomic E-state index is 13.8. The highest BCUT2D eigenvalue weighted by atomic mass is 32.2. The van der Waals surface area contributed by atoms with Gasteiger partial charge in [0.25, 0.3) is 0 Å². The van der Waals surface area contributed by atoms with E-state index in [1.807, 2.05) is 19.9 Å². The zero-order valence-corrected chi connectivity index (χ0v) is 22.4. The van der Waals surface area contributed by atoms with E-state index in [1.54, 1.807) is 4.90 Å². The van der Waals surface area contributed by atoms with Crippen LogP contribution in [0.3, 0.4) is 0 Å². The van der Waals surface area contributed by atoms with Crippen LogP contribution in [0.5, 0.6) is 0 Å². The Kier molecular flexibility index (Phi) is 7.32. The number of ether oxygens (including phenoxy) is 1. The summed E-state index contributed by atoms with van der Waals surface area (Å²) in [6.45, 7) is 5.37. The molecule has 7 nitrogen and oxygen atoms in total. The first-order valence-corrected chi connectivity index (χ1v) is 14.7. The van der Waals surface area contributed by atoms with E-state index >= 15 is 0 Å². The van der Waals surface area contributed by atoms with Crippen molar-refractivity contribution in [3.63, 3.8) is 0 Å². The Balaban J connectivity index is 1.35.